The molecule has 4 heterocycles. The van der Waals surface area contributed by atoms with Gasteiger partial charge >= 0.3 is 5.97 Å². The van der Waals surface area contributed by atoms with Crippen LogP contribution in [0.2, 0.25) is 0 Å². The van der Waals surface area contributed by atoms with E-state index in [-0.39, 0.29) is 24.6 Å². The van der Waals surface area contributed by atoms with Gasteiger partial charge in [0.2, 0.25) is 5.91 Å². The number of fused-ring (bicyclic) bond motifs is 2. The van der Waals surface area contributed by atoms with Gasteiger partial charge in [0, 0.05) is 35.8 Å². The topological polar surface area (TPSA) is 85.9 Å². The van der Waals surface area contributed by atoms with E-state index in [4.69, 9.17) is 9.73 Å². The molecule has 9 heteroatoms. The summed E-state index contributed by atoms with van der Waals surface area (Å²) in [7, 11) is 0. The summed E-state index contributed by atoms with van der Waals surface area (Å²) in [5, 5.41) is 0.970. The number of thiazole rings is 1. The average Bonchev–Trinajstić information content (AvgIpc) is 3.76. The van der Waals surface area contributed by atoms with Gasteiger partial charge in [-0.2, -0.15) is 0 Å². The first-order chi connectivity index (χ1) is 21.8. The molecule has 234 valence electrons. The lowest BCUT2D eigenvalue weighted by Crippen LogP contribution is -2.40. The predicted octanol–water partition coefficient (Wildman–Crippen LogP) is 5.28. The Balaban J connectivity index is 1.50. The van der Waals surface area contributed by atoms with Gasteiger partial charge in [0.25, 0.3) is 5.56 Å². The molecule has 0 N–H and O–H groups in total. The summed E-state index contributed by atoms with van der Waals surface area (Å²) < 4.78 is 9.70. The summed E-state index contributed by atoms with van der Waals surface area (Å²) in [5.74, 6) is 0.0183. The highest BCUT2D eigenvalue weighted by Crippen LogP contribution is 2.33. The van der Waals surface area contributed by atoms with Crippen LogP contribution in [0.15, 0.2) is 75.8 Å². The van der Waals surface area contributed by atoms with Crippen LogP contribution in [0, 0.1) is 0 Å². The maximum absolute atomic E-state index is 14.3. The van der Waals surface area contributed by atoms with E-state index in [0.717, 1.165) is 54.4 Å². The first-order valence-corrected chi connectivity index (χ1v) is 16.8. The normalized spacial score (nSPS) is 16.9. The highest BCUT2D eigenvalue weighted by molar-refractivity contribution is 7.07. The Labute approximate surface area is 267 Å². The molecule has 0 radical (unpaired) electrons. The predicted molar refractivity (Wildman–Crippen MR) is 178 cm³/mol. The van der Waals surface area contributed by atoms with Crippen molar-refractivity contribution in [3.05, 3.63) is 102 Å². The van der Waals surface area contributed by atoms with E-state index in [9.17, 15) is 14.4 Å². The minimum absolute atomic E-state index is 0.109. The molecule has 2 aliphatic rings. The fourth-order valence-electron chi connectivity index (χ4n) is 6.37. The zero-order valence-electron chi connectivity index (χ0n) is 26.4. The summed E-state index contributed by atoms with van der Waals surface area (Å²) in [6, 6.07) is 15.5. The van der Waals surface area contributed by atoms with Gasteiger partial charge in [-0.15, -0.1) is 0 Å². The molecule has 45 heavy (non-hydrogen) atoms. The van der Waals surface area contributed by atoms with Crippen LogP contribution in [-0.2, 0) is 20.9 Å². The van der Waals surface area contributed by atoms with Crippen molar-refractivity contribution in [3.8, 4) is 0 Å². The van der Waals surface area contributed by atoms with Crippen molar-refractivity contribution < 1.29 is 14.3 Å². The lowest BCUT2D eigenvalue weighted by Gasteiger charge is -2.26. The van der Waals surface area contributed by atoms with Crippen molar-refractivity contribution in [1.82, 2.24) is 14.0 Å². The number of amides is 1. The second-order valence-corrected chi connectivity index (χ2v) is 13.1. The molecule has 0 bridgehead atoms. The number of benzene rings is 2. The Morgan fingerprint density at radius 3 is 2.49 bits per heavy atom. The second kappa shape index (κ2) is 13.0. The standard InChI is InChI=1S/C36H40N4O4S/c1-5-11-28-32(35(43)44-6-2)33(25-16-14-24(15-17-25)23(3)4)40-34(42)30(45-36(40)37-28)20-26-21-39(29-13-8-7-12-27(26)29)22-31(41)38-18-9-10-19-38/h7-8,12-17,20-21,23,33H,5-6,9-11,18-19,22H2,1-4H3/b30-20+/t33-/m0/s1. The molecule has 2 aromatic heterocycles. The third kappa shape index (κ3) is 5.93. The summed E-state index contributed by atoms with van der Waals surface area (Å²) >= 11 is 1.33. The molecule has 8 nitrogen and oxygen atoms in total. The van der Waals surface area contributed by atoms with Crippen molar-refractivity contribution in [3.63, 3.8) is 0 Å². The van der Waals surface area contributed by atoms with Gasteiger partial charge in [-0.1, -0.05) is 81.0 Å². The number of likely N-dealkylation sites (tertiary alicyclic amines) is 1. The molecular weight excluding hydrogens is 584 g/mol. The lowest BCUT2D eigenvalue weighted by molar-refractivity contribution is -0.139. The third-order valence-electron chi connectivity index (χ3n) is 8.68. The van der Waals surface area contributed by atoms with Crippen LogP contribution < -0.4 is 14.9 Å². The van der Waals surface area contributed by atoms with E-state index >= 15 is 0 Å². The van der Waals surface area contributed by atoms with Crippen molar-refractivity contribution in [2.45, 2.75) is 71.9 Å². The zero-order chi connectivity index (χ0) is 31.7. The summed E-state index contributed by atoms with van der Waals surface area (Å²) in [6.07, 6.45) is 7.35. The Hall–Kier alpha value is -4.24. The van der Waals surface area contributed by atoms with Crippen LogP contribution in [-0.4, -0.2) is 45.6 Å². The third-order valence-corrected chi connectivity index (χ3v) is 9.66. The van der Waals surface area contributed by atoms with Crippen LogP contribution in [0.5, 0.6) is 0 Å². The number of para-hydroxylation sites is 1. The van der Waals surface area contributed by atoms with E-state index < -0.39 is 12.0 Å². The molecule has 1 fully saturated rings. The highest BCUT2D eigenvalue weighted by Gasteiger charge is 2.34. The first-order valence-electron chi connectivity index (χ1n) is 16.0. The maximum atomic E-state index is 14.3. The van der Waals surface area contributed by atoms with E-state index in [1.807, 2.05) is 58.1 Å². The number of allylic oxidation sites excluding steroid dienone is 1. The largest absolute Gasteiger partial charge is 0.463 e. The number of carbonyl (C=O) groups excluding carboxylic acids is 2. The molecule has 1 atom stereocenters. The monoisotopic (exact) mass is 624 g/mol. The Bertz CT molecular complexity index is 1960. The fourth-order valence-corrected chi connectivity index (χ4v) is 7.38. The Morgan fingerprint density at radius 1 is 1.07 bits per heavy atom. The van der Waals surface area contributed by atoms with Gasteiger partial charge < -0.3 is 14.2 Å². The van der Waals surface area contributed by atoms with Crippen molar-refractivity contribution in [1.29, 1.82) is 0 Å². The molecule has 1 saturated heterocycles. The van der Waals surface area contributed by atoms with Gasteiger partial charge in [-0.25, -0.2) is 9.79 Å². The van der Waals surface area contributed by atoms with Crippen LogP contribution >= 0.6 is 11.3 Å². The number of hydrogen-bond acceptors (Lipinski definition) is 6. The van der Waals surface area contributed by atoms with E-state index in [2.05, 4.69) is 32.9 Å². The quantitative estimate of drug-likeness (QED) is 0.237. The molecule has 0 saturated carbocycles. The highest BCUT2D eigenvalue weighted by atomic mass is 32.1. The SMILES string of the molecule is CCCC1=C(C(=O)OCC)[C@H](c2ccc(C(C)C)cc2)n2c(s/c(=C/c3cn(CC(=O)N4CCCC4)c4ccccc34)c2=O)=N1. The van der Waals surface area contributed by atoms with Gasteiger partial charge in [-0.3, -0.25) is 14.2 Å². The summed E-state index contributed by atoms with van der Waals surface area (Å²) in [4.78, 5) is 48.2. The fraction of sp³-hybridized carbons (Fsp3) is 0.389. The maximum Gasteiger partial charge on any atom is 0.338 e. The minimum Gasteiger partial charge on any atom is -0.463 e. The van der Waals surface area contributed by atoms with Crippen LogP contribution in [0.25, 0.3) is 17.0 Å². The smallest absolute Gasteiger partial charge is 0.338 e. The van der Waals surface area contributed by atoms with Crippen LogP contribution in [0.1, 0.15) is 82.0 Å². The number of nitrogens with zero attached hydrogens (tertiary/aromatic N) is 4. The zero-order valence-corrected chi connectivity index (χ0v) is 27.2. The second-order valence-electron chi connectivity index (χ2n) is 12.1. The number of rotatable bonds is 9. The number of esters is 1. The van der Waals surface area contributed by atoms with Crippen molar-refractivity contribution >= 4 is 40.2 Å². The van der Waals surface area contributed by atoms with E-state index in [0.29, 0.717) is 32.9 Å². The van der Waals surface area contributed by atoms with E-state index in [1.54, 1.807) is 11.5 Å². The first kappa shape index (κ1) is 30.8. The number of carbonyl (C=O) groups is 2. The van der Waals surface area contributed by atoms with Crippen LogP contribution in [0.3, 0.4) is 0 Å². The van der Waals surface area contributed by atoms with Crippen molar-refractivity contribution in [2.24, 2.45) is 4.99 Å². The molecule has 0 unspecified atom stereocenters. The molecule has 4 aromatic rings. The minimum atomic E-state index is -0.648. The van der Waals surface area contributed by atoms with Gasteiger partial charge in [0.15, 0.2) is 4.80 Å². The van der Waals surface area contributed by atoms with E-state index in [1.165, 1.54) is 16.9 Å². The molecule has 1 amide bonds. The number of hydrogen-bond donors (Lipinski definition) is 0. The average molecular weight is 625 g/mol. The summed E-state index contributed by atoms with van der Waals surface area (Å²) in [5.41, 5.74) is 4.71. The molecule has 2 aromatic carbocycles. The molecule has 0 aliphatic carbocycles. The van der Waals surface area contributed by atoms with Crippen LogP contribution in [0.4, 0.5) is 0 Å². The number of aromatic nitrogens is 2. The Kier molecular flexibility index (Phi) is 8.90. The molecule has 0 spiro atoms. The van der Waals surface area contributed by atoms with Crippen molar-refractivity contribution in [2.75, 3.05) is 19.7 Å². The van der Waals surface area contributed by atoms with Gasteiger partial charge in [0.05, 0.1) is 28.5 Å². The summed E-state index contributed by atoms with van der Waals surface area (Å²) in [6.45, 7) is 10.2. The Morgan fingerprint density at radius 2 is 1.80 bits per heavy atom. The molecular formula is C36H40N4O4S. The lowest BCUT2D eigenvalue weighted by atomic mass is 9.92. The van der Waals surface area contributed by atoms with Gasteiger partial charge in [0.1, 0.15) is 6.54 Å². The molecule has 2 aliphatic heterocycles. The molecule has 6 rings (SSSR count). The van der Waals surface area contributed by atoms with Gasteiger partial charge in [-0.05, 0) is 55.4 Å². The number of ether oxygens (including phenoxy) is 1.